The van der Waals surface area contributed by atoms with E-state index in [2.05, 4.69) is 6.07 Å². The summed E-state index contributed by atoms with van der Waals surface area (Å²) in [6.07, 6.45) is -4.48. The second kappa shape index (κ2) is 12.0. The Labute approximate surface area is 247 Å². The van der Waals surface area contributed by atoms with Gasteiger partial charge in [-0.25, -0.2) is 0 Å². The van der Waals surface area contributed by atoms with Crippen LogP contribution in [0.2, 0.25) is 0 Å². The number of fused-ring (bicyclic) bond motifs is 1. The van der Waals surface area contributed by atoms with Gasteiger partial charge in [0, 0.05) is 17.9 Å². The van der Waals surface area contributed by atoms with Crippen molar-refractivity contribution in [2.24, 2.45) is 5.41 Å². The number of hydrogen-bond acceptors (Lipinski definition) is 4. The highest BCUT2D eigenvalue weighted by Crippen LogP contribution is 2.49. The van der Waals surface area contributed by atoms with Crippen molar-refractivity contribution < 1.29 is 27.4 Å². The van der Waals surface area contributed by atoms with E-state index in [1.807, 2.05) is 60.7 Å². The number of carbonyl (C=O) groups is 1. The van der Waals surface area contributed by atoms with Gasteiger partial charge in [0.05, 0.1) is 25.9 Å². The average Bonchev–Trinajstić information content (AvgIpc) is 3.04. The quantitative estimate of drug-likeness (QED) is 0.173. The second-order valence-corrected chi connectivity index (χ2v) is 10.3. The summed E-state index contributed by atoms with van der Waals surface area (Å²) in [6, 6.07) is 35.1. The Bertz CT molecular complexity index is 1800. The minimum Gasteiger partial charge on any atom is -0.496 e. The number of benzene rings is 5. The van der Waals surface area contributed by atoms with Crippen LogP contribution in [0.3, 0.4) is 0 Å². The fourth-order valence-electron chi connectivity index (χ4n) is 5.74. The molecule has 0 unspecified atom stereocenters. The summed E-state index contributed by atoms with van der Waals surface area (Å²) >= 11 is 0. The Hall–Kier alpha value is -5.09. The molecule has 5 rings (SSSR count). The first kappa shape index (κ1) is 29.4. The van der Waals surface area contributed by atoms with E-state index in [1.165, 1.54) is 20.3 Å². The van der Waals surface area contributed by atoms with E-state index in [0.717, 1.165) is 28.5 Å². The van der Waals surface area contributed by atoms with Gasteiger partial charge in [-0.05, 0) is 51.2 Å². The Morgan fingerprint density at radius 3 is 2.14 bits per heavy atom. The van der Waals surface area contributed by atoms with Crippen molar-refractivity contribution in [1.29, 1.82) is 5.26 Å². The standard InChI is InChI=1S/C36H28F3NO3/c1-42-32-16-6-5-14-31(32)33(30-15-8-10-26-9-3-4-13-29(26)30)35(23-40,34(41)43-2)22-24-17-19-25(20-18-24)27-11-7-12-28(21-27)36(37,38)39/h3-21,33H,22H2,1-2H3/t33-,35+/m0/s1. The summed E-state index contributed by atoms with van der Waals surface area (Å²) in [5.41, 5.74) is 0.560. The second-order valence-electron chi connectivity index (χ2n) is 10.3. The first-order valence-electron chi connectivity index (χ1n) is 13.6. The number of carbonyl (C=O) groups excluding carboxylic acids is 1. The fraction of sp³-hybridized carbons (Fsp3) is 0.167. The summed E-state index contributed by atoms with van der Waals surface area (Å²) in [4.78, 5) is 13.8. The predicted molar refractivity (Wildman–Crippen MR) is 159 cm³/mol. The molecule has 4 nitrogen and oxygen atoms in total. The maximum Gasteiger partial charge on any atom is 0.416 e. The van der Waals surface area contributed by atoms with E-state index >= 15 is 0 Å². The molecule has 0 aliphatic rings. The van der Waals surface area contributed by atoms with Crippen LogP contribution in [0.4, 0.5) is 13.2 Å². The third-order valence-electron chi connectivity index (χ3n) is 7.79. The van der Waals surface area contributed by atoms with E-state index < -0.39 is 29.0 Å². The van der Waals surface area contributed by atoms with E-state index in [1.54, 1.807) is 36.4 Å². The molecule has 0 saturated heterocycles. The van der Waals surface area contributed by atoms with E-state index in [-0.39, 0.29) is 6.42 Å². The van der Waals surface area contributed by atoms with Gasteiger partial charge < -0.3 is 9.47 Å². The topological polar surface area (TPSA) is 59.3 Å². The van der Waals surface area contributed by atoms with Gasteiger partial charge in [-0.1, -0.05) is 97.1 Å². The van der Waals surface area contributed by atoms with Gasteiger partial charge in [-0.2, -0.15) is 18.4 Å². The SMILES string of the molecule is COC(=O)[C@@](C#N)(Cc1ccc(-c2cccc(C(F)(F)F)c2)cc1)[C@H](c1ccccc1OC)c1cccc2ccccc12. The first-order chi connectivity index (χ1) is 20.7. The Morgan fingerprint density at radius 2 is 1.44 bits per heavy atom. The Morgan fingerprint density at radius 1 is 0.791 bits per heavy atom. The summed E-state index contributed by atoms with van der Waals surface area (Å²) in [7, 11) is 2.80. The molecule has 5 aromatic rings. The molecule has 0 aliphatic carbocycles. The highest BCUT2D eigenvalue weighted by Gasteiger charge is 2.50. The number of rotatable bonds is 8. The summed E-state index contributed by atoms with van der Waals surface area (Å²) in [5, 5.41) is 12.7. The molecule has 0 fully saturated rings. The molecule has 0 heterocycles. The minimum absolute atomic E-state index is 0.0228. The zero-order valence-electron chi connectivity index (χ0n) is 23.6. The third-order valence-corrected chi connectivity index (χ3v) is 7.79. The first-order valence-corrected chi connectivity index (χ1v) is 13.6. The summed E-state index contributed by atoms with van der Waals surface area (Å²) in [5.74, 6) is -0.986. The lowest BCUT2D eigenvalue weighted by Crippen LogP contribution is -2.40. The number of esters is 1. The van der Waals surface area contributed by atoms with Crippen LogP contribution in [0.15, 0.2) is 115 Å². The number of ether oxygens (including phenoxy) is 2. The molecule has 5 aromatic carbocycles. The van der Waals surface area contributed by atoms with Crippen LogP contribution < -0.4 is 4.74 Å². The monoisotopic (exact) mass is 579 g/mol. The van der Waals surface area contributed by atoms with Gasteiger partial charge >= 0.3 is 12.1 Å². The van der Waals surface area contributed by atoms with Gasteiger partial charge in [0.15, 0.2) is 5.41 Å². The zero-order chi connectivity index (χ0) is 30.6. The molecule has 0 aliphatic heterocycles. The van der Waals surface area contributed by atoms with Gasteiger partial charge in [0.1, 0.15) is 5.75 Å². The van der Waals surface area contributed by atoms with Crippen molar-refractivity contribution in [3.8, 4) is 22.9 Å². The van der Waals surface area contributed by atoms with Crippen LogP contribution in [-0.2, 0) is 22.1 Å². The highest BCUT2D eigenvalue weighted by atomic mass is 19.4. The van der Waals surface area contributed by atoms with Crippen LogP contribution in [0.5, 0.6) is 5.75 Å². The lowest BCUT2D eigenvalue weighted by molar-refractivity contribution is -0.150. The van der Waals surface area contributed by atoms with Crippen LogP contribution in [0.25, 0.3) is 21.9 Å². The van der Waals surface area contributed by atoms with Gasteiger partial charge in [0.2, 0.25) is 0 Å². The lowest BCUT2D eigenvalue weighted by Gasteiger charge is -2.35. The summed E-state index contributed by atoms with van der Waals surface area (Å²) < 4.78 is 51.0. The smallest absolute Gasteiger partial charge is 0.416 e. The molecular formula is C36H28F3NO3. The molecule has 43 heavy (non-hydrogen) atoms. The molecule has 2 atom stereocenters. The summed E-state index contributed by atoms with van der Waals surface area (Å²) in [6.45, 7) is 0. The molecular weight excluding hydrogens is 551 g/mol. The molecule has 0 saturated carbocycles. The molecule has 0 N–H and O–H groups in total. The predicted octanol–water partition coefficient (Wildman–Crippen LogP) is 8.59. The van der Waals surface area contributed by atoms with Crippen molar-refractivity contribution >= 4 is 16.7 Å². The van der Waals surface area contributed by atoms with Crippen LogP contribution >= 0.6 is 0 Å². The lowest BCUT2D eigenvalue weighted by atomic mass is 9.65. The van der Waals surface area contributed by atoms with Crippen molar-refractivity contribution in [2.45, 2.75) is 18.5 Å². The molecule has 0 amide bonds. The average molecular weight is 580 g/mol. The van der Waals surface area contributed by atoms with E-state index in [4.69, 9.17) is 9.47 Å². The molecule has 0 aromatic heterocycles. The minimum atomic E-state index is -4.46. The maximum atomic E-state index is 13.8. The number of methoxy groups -OCH3 is 2. The van der Waals surface area contributed by atoms with Crippen molar-refractivity contribution in [2.75, 3.05) is 14.2 Å². The number of hydrogen-bond donors (Lipinski definition) is 0. The van der Waals surface area contributed by atoms with Crippen LogP contribution in [0, 0.1) is 16.7 Å². The number of nitrogens with zero attached hydrogens (tertiary/aromatic N) is 1. The maximum absolute atomic E-state index is 13.8. The van der Waals surface area contributed by atoms with Gasteiger partial charge in [0.25, 0.3) is 0 Å². The normalized spacial score (nSPS) is 13.5. The zero-order valence-corrected chi connectivity index (χ0v) is 23.6. The molecule has 7 heteroatoms. The number of alkyl halides is 3. The molecule has 0 radical (unpaired) electrons. The van der Waals surface area contributed by atoms with Gasteiger partial charge in [-0.3, -0.25) is 4.79 Å². The van der Waals surface area contributed by atoms with Crippen molar-refractivity contribution in [3.63, 3.8) is 0 Å². The molecule has 0 spiro atoms. The number of para-hydroxylation sites is 1. The third kappa shape index (κ3) is 5.69. The largest absolute Gasteiger partial charge is 0.496 e. The van der Waals surface area contributed by atoms with Crippen molar-refractivity contribution in [3.05, 3.63) is 138 Å². The Kier molecular flexibility index (Phi) is 8.22. The number of halogens is 3. The molecule has 216 valence electrons. The van der Waals surface area contributed by atoms with E-state index in [0.29, 0.717) is 28.0 Å². The van der Waals surface area contributed by atoms with Crippen LogP contribution in [0.1, 0.15) is 28.2 Å². The van der Waals surface area contributed by atoms with Gasteiger partial charge in [-0.15, -0.1) is 0 Å². The molecule has 0 bridgehead atoms. The highest BCUT2D eigenvalue weighted by molar-refractivity contribution is 5.90. The van der Waals surface area contributed by atoms with E-state index in [9.17, 15) is 23.2 Å². The van der Waals surface area contributed by atoms with Crippen molar-refractivity contribution in [1.82, 2.24) is 0 Å². The van der Waals surface area contributed by atoms with Crippen LogP contribution in [-0.4, -0.2) is 20.2 Å². The Balaban J connectivity index is 1.66. The fourth-order valence-corrected chi connectivity index (χ4v) is 5.74. The number of nitriles is 1.